The third kappa shape index (κ3) is 3.82. The molecule has 0 amide bonds. The fourth-order valence-corrected chi connectivity index (χ4v) is 2.45. The first-order chi connectivity index (χ1) is 11.5. The van der Waals surface area contributed by atoms with Crippen molar-refractivity contribution in [2.45, 2.75) is 0 Å². The van der Waals surface area contributed by atoms with E-state index in [2.05, 4.69) is 20.6 Å². The first kappa shape index (κ1) is 16.6. The second kappa shape index (κ2) is 7.13. The molecule has 4 N–H and O–H groups in total. The van der Waals surface area contributed by atoms with Crippen LogP contribution in [-0.4, -0.2) is 9.97 Å². The number of nitrogens with one attached hydrogen (secondary N) is 2. The van der Waals surface area contributed by atoms with Crippen LogP contribution in [0, 0.1) is 0 Å². The predicted octanol–water partition coefficient (Wildman–Crippen LogP) is 5.51. The summed E-state index contributed by atoms with van der Waals surface area (Å²) in [5.74, 6) is 0.888. The molecule has 0 spiro atoms. The van der Waals surface area contributed by atoms with Crippen LogP contribution < -0.4 is 16.4 Å². The van der Waals surface area contributed by atoms with Gasteiger partial charge in [0.15, 0.2) is 11.6 Å². The van der Waals surface area contributed by atoms with E-state index in [9.17, 15) is 0 Å². The van der Waals surface area contributed by atoms with Crippen molar-refractivity contribution in [2.24, 2.45) is 0 Å². The maximum atomic E-state index is 6.15. The van der Waals surface area contributed by atoms with Crippen LogP contribution >= 0.6 is 34.8 Å². The fourth-order valence-electron chi connectivity index (χ4n) is 1.99. The minimum Gasteiger partial charge on any atom is -0.393 e. The van der Waals surface area contributed by atoms with E-state index in [1.807, 2.05) is 12.1 Å². The van der Waals surface area contributed by atoms with Crippen molar-refractivity contribution in [2.75, 3.05) is 16.4 Å². The van der Waals surface area contributed by atoms with Crippen LogP contribution in [0.2, 0.25) is 15.1 Å². The lowest BCUT2D eigenvalue weighted by Gasteiger charge is -2.13. The van der Waals surface area contributed by atoms with Crippen molar-refractivity contribution in [1.29, 1.82) is 0 Å². The van der Waals surface area contributed by atoms with Gasteiger partial charge in [0.25, 0.3) is 0 Å². The van der Waals surface area contributed by atoms with Crippen molar-refractivity contribution < 1.29 is 0 Å². The fraction of sp³-hybridized carbons (Fsp3) is 0. The van der Waals surface area contributed by atoms with Gasteiger partial charge >= 0.3 is 0 Å². The van der Waals surface area contributed by atoms with Gasteiger partial charge < -0.3 is 16.4 Å². The van der Waals surface area contributed by atoms with Gasteiger partial charge in [-0.25, -0.2) is 9.97 Å². The van der Waals surface area contributed by atoms with Crippen molar-refractivity contribution in [3.63, 3.8) is 0 Å². The van der Waals surface area contributed by atoms with Crippen LogP contribution in [-0.2, 0) is 0 Å². The summed E-state index contributed by atoms with van der Waals surface area (Å²) in [4.78, 5) is 8.31. The molecule has 122 valence electrons. The second-order valence-corrected chi connectivity index (χ2v) is 6.15. The first-order valence-electron chi connectivity index (χ1n) is 6.88. The third-order valence-electron chi connectivity index (χ3n) is 3.17. The van der Waals surface area contributed by atoms with Crippen molar-refractivity contribution in [3.8, 4) is 0 Å². The summed E-state index contributed by atoms with van der Waals surface area (Å²) in [6, 6.07) is 12.3. The van der Waals surface area contributed by atoms with E-state index in [4.69, 9.17) is 40.5 Å². The van der Waals surface area contributed by atoms with E-state index in [1.165, 1.54) is 6.33 Å². The van der Waals surface area contributed by atoms with Crippen LogP contribution in [0.25, 0.3) is 0 Å². The Balaban J connectivity index is 1.88. The van der Waals surface area contributed by atoms with Gasteiger partial charge in [-0.3, -0.25) is 0 Å². The van der Waals surface area contributed by atoms with E-state index in [1.54, 1.807) is 30.3 Å². The van der Waals surface area contributed by atoms with Gasteiger partial charge in [0.1, 0.15) is 12.0 Å². The quantitative estimate of drug-likeness (QED) is 0.556. The minimum absolute atomic E-state index is 0.350. The molecule has 0 bridgehead atoms. The monoisotopic (exact) mass is 379 g/mol. The topological polar surface area (TPSA) is 75.9 Å². The highest BCUT2D eigenvalue weighted by atomic mass is 35.5. The Hall–Kier alpha value is -2.21. The molecule has 0 atom stereocenters. The summed E-state index contributed by atoms with van der Waals surface area (Å²) in [7, 11) is 0. The molecule has 0 radical (unpaired) electrons. The van der Waals surface area contributed by atoms with Gasteiger partial charge in [-0.1, -0.05) is 34.8 Å². The maximum absolute atomic E-state index is 6.15. The predicted molar refractivity (Wildman–Crippen MR) is 101 cm³/mol. The lowest BCUT2D eigenvalue weighted by molar-refractivity contribution is 1.17. The number of rotatable bonds is 4. The van der Waals surface area contributed by atoms with Crippen LogP contribution in [0.4, 0.5) is 28.7 Å². The Bertz CT molecular complexity index is 868. The molecular formula is C16H12Cl3N5. The van der Waals surface area contributed by atoms with Crippen LogP contribution in [0.1, 0.15) is 0 Å². The Kier molecular flexibility index (Phi) is 4.94. The summed E-state index contributed by atoms with van der Waals surface area (Å²) in [6.45, 7) is 0. The van der Waals surface area contributed by atoms with Crippen molar-refractivity contribution in [1.82, 2.24) is 9.97 Å². The average Bonchev–Trinajstić information content (AvgIpc) is 2.56. The molecular weight excluding hydrogens is 369 g/mol. The summed E-state index contributed by atoms with van der Waals surface area (Å²) in [5.41, 5.74) is 7.90. The van der Waals surface area contributed by atoms with Gasteiger partial charge in [-0.2, -0.15) is 0 Å². The number of anilines is 5. The summed E-state index contributed by atoms with van der Waals surface area (Å²) in [5, 5.41) is 7.88. The third-order valence-corrected chi connectivity index (χ3v) is 3.99. The number of benzene rings is 2. The average molecular weight is 381 g/mol. The molecule has 0 unspecified atom stereocenters. The lowest BCUT2D eigenvalue weighted by Crippen LogP contribution is -2.05. The Labute approximate surface area is 153 Å². The molecule has 0 aliphatic heterocycles. The molecule has 5 nitrogen and oxygen atoms in total. The molecule has 3 rings (SSSR count). The lowest BCUT2D eigenvalue weighted by atomic mass is 10.3. The molecule has 0 fully saturated rings. The zero-order valence-corrected chi connectivity index (χ0v) is 14.5. The first-order valence-corrected chi connectivity index (χ1v) is 8.01. The van der Waals surface area contributed by atoms with E-state index in [0.29, 0.717) is 38.1 Å². The van der Waals surface area contributed by atoms with Crippen LogP contribution in [0.15, 0.2) is 48.8 Å². The van der Waals surface area contributed by atoms with E-state index in [-0.39, 0.29) is 0 Å². The van der Waals surface area contributed by atoms with E-state index in [0.717, 1.165) is 5.69 Å². The molecule has 0 aliphatic carbocycles. The van der Waals surface area contributed by atoms with Crippen molar-refractivity contribution in [3.05, 3.63) is 63.9 Å². The van der Waals surface area contributed by atoms with Crippen molar-refractivity contribution >= 4 is 63.5 Å². The highest BCUT2D eigenvalue weighted by molar-refractivity contribution is 6.35. The largest absolute Gasteiger partial charge is 0.393 e. The highest BCUT2D eigenvalue weighted by Crippen LogP contribution is 2.32. The Morgan fingerprint density at radius 3 is 2.12 bits per heavy atom. The number of hydrogen-bond donors (Lipinski definition) is 3. The van der Waals surface area contributed by atoms with E-state index < -0.39 is 0 Å². The SMILES string of the molecule is Nc1c(Nc2ccc(Cl)cc2)ncnc1Nc1cc(Cl)ccc1Cl. The molecule has 0 saturated carbocycles. The Morgan fingerprint density at radius 1 is 0.792 bits per heavy atom. The molecule has 0 aliphatic rings. The van der Waals surface area contributed by atoms with Gasteiger partial charge in [0.2, 0.25) is 0 Å². The normalized spacial score (nSPS) is 10.5. The zero-order chi connectivity index (χ0) is 17.1. The highest BCUT2D eigenvalue weighted by Gasteiger charge is 2.10. The number of nitrogens with two attached hydrogens (primary N) is 1. The number of nitrogens with zero attached hydrogens (tertiary/aromatic N) is 2. The summed E-state index contributed by atoms with van der Waals surface area (Å²) in [6.07, 6.45) is 1.40. The molecule has 3 aromatic rings. The molecule has 24 heavy (non-hydrogen) atoms. The summed E-state index contributed by atoms with van der Waals surface area (Å²) >= 11 is 18.0. The number of halogens is 3. The zero-order valence-electron chi connectivity index (χ0n) is 12.2. The number of aromatic nitrogens is 2. The smallest absolute Gasteiger partial charge is 0.159 e. The van der Waals surface area contributed by atoms with E-state index >= 15 is 0 Å². The Morgan fingerprint density at radius 2 is 1.42 bits per heavy atom. The van der Waals surface area contributed by atoms with Gasteiger partial charge in [-0.05, 0) is 42.5 Å². The maximum Gasteiger partial charge on any atom is 0.159 e. The van der Waals surface area contributed by atoms with Crippen LogP contribution in [0.3, 0.4) is 0 Å². The van der Waals surface area contributed by atoms with Gasteiger partial charge in [0.05, 0.1) is 10.7 Å². The molecule has 8 heteroatoms. The molecule has 2 aromatic carbocycles. The standard InChI is InChI=1S/C16H12Cl3N5/c17-9-1-4-11(5-2-9)23-15-14(20)16(22-8-21-15)24-13-7-10(18)3-6-12(13)19/h1-8H,20H2,(H2,21,22,23,24). The minimum atomic E-state index is 0.350. The van der Waals surface area contributed by atoms with Crippen LogP contribution in [0.5, 0.6) is 0 Å². The summed E-state index contributed by atoms with van der Waals surface area (Å²) < 4.78 is 0. The van der Waals surface area contributed by atoms with Gasteiger partial charge in [0, 0.05) is 15.7 Å². The van der Waals surface area contributed by atoms with Gasteiger partial charge in [-0.15, -0.1) is 0 Å². The number of hydrogen-bond acceptors (Lipinski definition) is 5. The molecule has 1 heterocycles. The molecule has 0 saturated heterocycles. The second-order valence-electron chi connectivity index (χ2n) is 4.87. The number of nitrogen functional groups attached to an aromatic ring is 1. The molecule has 1 aromatic heterocycles.